The Bertz CT molecular complexity index is 619. The van der Waals surface area contributed by atoms with Crippen LogP contribution in [0, 0.1) is 5.82 Å². The molecule has 0 aromatic heterocycles. The smallest absolute Gasteiger partial charge is 0.338 e. The maximum Gasteiger partial charge on any atom is 0.338 e. The number of esters is 1. The molecular weight excluding hydrogens is 307 g/mol. The van der Waals surface area contributed by atoms with Crippen molar-refractivity contribution in [2.45, 2.75) is 13.0 Å². The molecule has 1 aliphatic heterocycles. The van der Waals surface area contributed by atoms with E-state index < -0.39 is 23.9 Å². The maximum absolute atomic E-state index is 14.0. The molecule has 1 aromatic carbocycles. The van der Waals surface area contributed by atoms with Crippen LogP contribution in [0.5, 0.6) is 0 Å². The van der Waals surface area contributed by atoms with Gasteiger partial charge in [-0.05, 0) is 19.2 Å². The predicted octanol–water partition coefficient (Wildman–Crippen LogP) is 2.36. The lowest BCUT2D eigenvalue weighted by Crippen LogP contribution is -2.45. The van der Waals surface area contributed by atoms with Gasteiger partial charge in [0.2, 0.25) is 0 Å². The minimum absolute atomic E-state index is 0.214. The Kier molecular flexibility index (Phi) is 5.43. The van der Waals surface area contributed by atoms with Crippen LogP contribution in [0.15, 0.2) is 35.5 Å². The fraction of sp³-hybridized carbons (Fsp3) is 0.333. The first-order chi connectivity index (χ1) is 10.5. The van der Waals surface area contributed by atoms with Crippen LogP contribution in [0.4, 0.5) is 9.18 Å². The molecule has 118 valence electrons. The molecule has 0 spiro atoms. The summed E-state index contributed by atoms with van der Waals surface area (Å²) in [6.45, 7) is 1.85. The molecule has 1 aliphatic rings. The molecule has 0 aliphatic carbocycles. The minimum Gasteiger partial charge on any atom is -0.461 e. The van der Waals surface area contributed by atoms with Crippen molar-refractivity contribution in [2.75, 3.05) is 18.6 Å². The first-order valence-corrected chi connectivity index (χ1v) is 8.12. The highest BCUT2D eigenvalue weighted by atomic mass is 32.2. The average Bonchev–Trinajstić information content (AvgIpc) is 2.47. The number of urea groups is 1. The average molecular weight is 324 g/mol. The SMILES string of the molecule is CSCCOC(=O)C1=C(C)NC(=O)NC1c1ccccc1F. The molecule has 7 heteroatoms. The van der Waals surface area contributed by atoms with Gasteiger partial charge >= 0.3 is 12.0 Å². The Hall–Kier alpha value is -2.02. The molecule has 2 amide bonds. The van der Waals surface area contributed by atoms with Gasteiger partial charge in [-0.3, -0.25) is 0 Å². The monoisotopic (exact) mass is 324 g/mol. The van der Waals surface area contributed by atoms with Crippen molar-refractivity contribution in [3.63, 3.8) is 0 Å². The second-order valence-corrected chi connectivity index (χ2v) is 5.71. The maximum atomic E-state index is 14.0. The second kappa shape index (κ2) is 7.31. The number of amides is 2. The van der Waals surface area contributed by atoms with Crippen molar-refractivity contribution in [3.05, 3.63) is 46.9 Å². The van der Waals surface area contributed by atoms with E-state index >= 15 is 0 Å². The molecule has 2 N–H and O–H groups in total. The summed E-state index contributed by atoms with van der Waals surface area (Å²) in [5.41, 5.74) is 0.811. The van der Waals surface area contributed by atoms with Crippen molar-refractivity contribution in [2.24, 2.45) is 0 Å². The normalized spacial score (nSPS) is 17.8. The zero-order chi connectivity index (χ0) is 16.1. The van der Waals surface area contributed by atoms with Crippen LogP contribution in [0.3, 0.4) is 0 Å². The first kappa shape index (κ1) is 16.4. The van der Waals surface area contributed by atoms with E-state index in [0.29, 0.717) is 11.4 Å². The number of thioether (sulfide) groups is 1. The van der Waals surface area contributed by atoms with Crippen molar-refractivity contribution in [3.8, 4) is 0 Å². The molecule has 0 radical (unpaired) electrons. The number of halogens is 1. The fourth-order valence-corrected chi connectivity index (χ4v) is 2.45. The van der Waals surface area contributed by atoms with E-state index in [1.807, 2.05) is 6.26 Å². The number of hydrogen-bond acceptors (Lipinski definition) is 4. The zero-order valence-electron chi connectivity index (χ0n) is 12.3. The standard InChI is InChI=1S/C15H17FN2O3S/c1-9-12(14(19)21-7-8-22-2)13(18-15(20)17-9)10-5-3-4-6-11(10)16/h3-6,13H,7-8H2,1-2H3,(H2,17,18,20). The molecular formula is C15H17FN2O3S. The predicted molar refractivity (Wildman–Crippen MR) is 82.8 cm³/mol. The highest BCUT2D eigenvalue weighted by Gasteiger charge is 2.33. The molecule has 5 nitrogen and oxygen atoms in total. The van der Waals surface area contributed by atoms with Crippen molar-refractivity contribution >= 4 is 23.8 Å². The van der Waals surface area contributed by atoms with Crippen LogP contribution in [0.2, 0.25) is 0 Å². The topological polar surface area (TPSA) is 67.4 Å². The highest BCUT2D eigenvalue weighted by Crippen LogP contribution is 2.29. The van der Waals surface area contributed by atoms with Crippen LogP contribution in [0.1, 0.15) is 18.5 Å². The van der Waals surface area contributed by atoms with Gasteiger partial charge in [0.1, 0.15) is 12.4 Å². The first-order valence-electron chi connectivity index (χ1n) is 6.73. The van der Waals surface area contributed by atoms with E-state index in [1.54, 1.807) is 30.8 Å². The molecule has 0 saturated heterocycles. The summed E-state index contributed by atoms with van der Waals surface area (Å²) in [5, 5.41) is 5.09. The molecule has 1 heterocycles. The quantitative estimate of drug-likeness (QED) is 0.644. The Morgan fingerprint density at radius 1 is 1.41 bits per heavy atom. The number of hydrogen-bond donors (Lipinski definition) is 2. The lowest BCUT2D eigenvalue weighted by molar-refractivity contribution is -0.138. The summed E-state index contributed by atoms with van der Waals surface area (Å²) in [6, 6.07) is 4.68. The van der Waals surface area contributed by atoms with E-state index in [4.69, 9.17) is 4.74 Å². The summed E-state index contributed by atoms with van der Waals surface area (Å²) in [4.78, 5) is 23.9. The van der Waals surface area contributed by atoms with Gasteiger partial charge in [0.15, 0.2) is 0 Å². The van der Waals surface area contributed by atoms with Crippen LogP contribution in [0.25, 0.3) is 0 Å². The third-order valence-electron chi connectivity index (χ3n) is 3.23. The molecule has 0 saturated carbocycles. The molecule has 1 aromatic rings. The number of ether oxygens (including phenoxy) is 1. The number of benzene rings is 1. The van der Waals surface area contributed by atoms with Crippen LogP contribution in [-0.2, 0) is 9.53 Å². The summed E-state index contributed by atoms with van der Waals surface area (Å²) < 4.78 is 19.2. The summed E-state index contributed by atoms with van der Waals surface area (Å²) in [7, 11) is 0. The van der Waals surface area contributed by atoms with Crippen LogP contribution < -0.4 is 10.6 Å². The second-order valence-electron chi connectivity index (χ2n) is 4.72. The lowest BCUT2D eigenvalue weighted by Gasteiger charge is -2.28. The Balaban J connectivity index is 2.33. The largest absolute Gasteiger partial charge is 0.461 e. The summed E-state index contributed by atoms with van der Waals surface area (Å²) >= 11 is 1.55. The molecule has 0 fully saturated rings. The van der Waals surface area contributed by atoms with Gasteiger partial charge in [0.05, 0.1) is 11.6 Å². The van der Waals surface area contributed by atoms with E-state index in [-0.39, 0.29) is 17.7 Å². The van der Waals surface area contributed by atoms with Crippen LogP contribution >= 0.6 is 11.8 Å². The van der Waals surface area contributed by atoms with Gasteiger partial charge in [-0.15, -0.1) is 0 Å². The van der Waals surface area contributed by atoms with Gasteiger partial charge in [-0.1, -0.05) is 18.2 Å². The van der Waals surface area contributed by atoms with E-state index in [0.717, 1.165) is 0 Å². The molecule has 0 bridgehead atoms. The van der Waals surface area contributed by atoms with Crippen molar-refractivity contribution < 1.29 is 18.7 Å². The number of carbonyl (C=O) groups excluding carboxylic acids is 2. The van der Waals surface area contributed by atoms with Gasteiger partial charge in [-0.25, -0.2) is 14.0 Å². The fourth-order valence-electron chi connectivity index (χ4n) is 2.20. The highest BCUT2D eigenvalue weighted by molar-refractivity contribution is 7.98. The zero-order valence-corrected chi connectivity index (χ0v) is 13.1. The number of allylic oxidation sites excluding steroid dienone is 1. The van der Waals surface area contributed by atoms with Crippen molar-refractivity contribution in [1.82, 2.24) is 10.6 Å². The van der Waals surface area contributed by atoms with Crippen LogP contribution in [-0.4, -0.2) is 30.6 Å². The summed E-state index contributed by atoms with van der Waals surface area (Å²) in [6.07, 6.45) is 1.91. The van der Waals surface area contributed by atoms with E-state index in [2.05, 4.69) is 10.6 Å². The number of nitrogens with one attached hydrogen (secondary N) is 2. The lowest BCUT2D eigenvalue weighted by atomic mass is 9.95. The Morgan fingerprint density at radius 2 is 2.14 bits per heavy atom. The third kappa shape index (κ3) is 3.59. The van der Waals surface area contributed by atoms with Gasteiger partial charge in [0, 0.05) is 17.0 Å². The van der Waals surface area contributed by atoms with Gasteiger partial charge < -0.3 is 15.4 Å². The summed E-state index contributed by atoms with van der Waals surface area (Å²) in [5.74, 6) is -0.383. The van der Waals surface area contributed by atoms with Gasteiger partial charge in [-0.2, -0.15) is 11.8 Å². The minimum atomic E-state index is -0.864. The number of carbonyl (C=O) groups is 2. The third-order valence-corrected chi connectivity index (χ3v) is 3.80. The molecule has 1 unspecified atom stereocenters. The van der Waals surface area contributed by atoms with Crippen molar-refractivity contribution in [1.29, 1.82) is 0 Å². The number of rotatable bonds is 5. The molecule has 2 rings (SSSR count). The van der Waals surface area contributed by atoms with E-state index in [9.17, 15) is 14.0 Å². The Morgan fingerprint density at radius 3 is 2.82 bits per heavy atom. The van der Waals surface area contributed by atoms with E-state index in [1.165, 1.54) is 12.1 Å². The molecule has 22 heavy (non-hydrogen) atoms. The van der Waals surface area contributed by atoms with Gasteiger partial charge in [0.25, 0.3) is 0 Å². The Labute approximate surface area is 132 Å². The molecule has 1 atom stereocenters.